The molecule has 0 saturated heterocycles. The van der Waals surface area contributed by atoms with E-state index in [1.165, 1.54) is 65.2 Å². The van der Waals surface area contributed by atoms with E-state index in [2.05, 4.69) is 199 Å². The van der Waals surface area contributed by atoms with E-state index in [4.69, 9.17) is 4.42 Å². The zero-order valence-corrected chi connectivity index (χ0v) is 29.4. The van der Waals surface area contributed by atoms with Crippen LogP contribution in [0.3, 0.4) is 0 Å². The van der Waals surface area contributed by atoms with Crippen LogP contribution in [0.5, 0.6) is 0 Å². The van der Waals surface area contributed by atoms with Crippen LogP contribution in [-0.4, -0.2) is 0 Å². The molecule has 1 aromatic heterocycles. The first kappa shape index (κ1) is 30.5. The maximum atomic E-state index is 6.38. The fourth-order valence-corrected chi connectivity index (χ4v) is 8.54. The van der Waals surface area contributed by atoms with Gasteiger partial charge >= 0.3 is 0 Å². The van der Waals surface area contributed by atoms with Crippen molar-refractivity contribution in [1.29, 1.82) is 0 Å². The lowest BCUT2D eigenvalue weighted by Gasteiger charge is -2.28. The molecular weight excluding hydrogens is 655 g/mol. The number of nitrogens with zero attached hydrogens (tertiary/aromatic N) is 1. The summed E-state index contributed by atoms with van der Waals surface area (Å²) in [6.07, 6.45) is 0. The third-order valence-electron chi connectivity index (χ3n) is 11.0. The van der Waals surface area contributed by atoms with Crippen molar-refractivity contribution in [2.75, 3.05) is 4.90 Å². The first-order valence-corrected chi connectivity index (χ1v) is 18.5. The molecule has 0 aliphatic carbocycles. The van der Waals surface area contributed by atoms with Gasteiger partial charge in [-0.15, -0.1) is 0 Å². The molecule has 2 nitrogen and oxygen atoms in total. The molecule has 0 N–H and O–H groups in total. The fraction of sp³-hybridized carbons (Fsp3) is 0. The van der Waals surface area contributed by atoms with Crippen LogP contribution in [0.15, 0.2) is 205 Å². The highest BCUT2D eigenvalue weighted by atomic mass is 16.3. The highest BCUT2D eigenvalue weighted by molar-refractivity contribution is 6.34. The zero-order valence-electron chi connectivity index (χ0n) is 29.4. The van der Waals surface area contributed by atoms with Gasteiger partial charge in [-0.25, -0.2) is 0 Å². The molecule has 11 aromatic rings. The Balaban J connectivity index is 1.13. The SMILES string of the molecule is c1ccc(-c2ccccc2N(c2cccc(-c3ccc4c5ccccc5c5c(ccc6oc7ccccc7c65)c4c3)c2)c2ccc3ccccc3c2)cc1. The monoisotopic (exact) mass is 687 g/mol. The van der Waals surface area contributed by atoms with E-state index >= 15 is 0 Å². The van der Waals surface area contributed by atoms with Gasteiger partial charge in [0.15, 0.2) is 0 Å². The number of para-hydroxylation sites is 2. The van der Waals surface area contributed by atoms with Crippen molar-refractivity contribution in [3.8, 4) is 22.3 Å². The number of furan rings is 1. The first-order valence-electron chi connectivity index (χ1n) is 18.5. The van der Waals surface area contributed by atoms with Crippen molar-refractivity contribution in [1.82, 2.24) is 0 Å². The van der Waals surface area contributed by atoms with Gasteiger partial charge in [0.25, 0.3) is 0 Å². The third-order valence-corrected chi connectivity index (χ3v) is 11.0. The van der Waals surface area contributed by atoms with Gasteiger partial charge in [0.1, 0.15) is 11.2 Å². The van der Waals surface area contributed by atoms with Crippen LogP contribution in [0.1, 0.15) is 0 Å². The van der Waals surface area contributed by atoms with Crippen LogP contribution in [0.2, 0.25) is 0 Å². The molecule has 0 aliphatic rings. The first-order chi connectivity index (χ1) is 26.8. The topological polar surface area (TPSA) is 16.4 Å². The number of fused-ring (bicyclic) bond motifs is 11. The van der Waals surface area contributed by atoms with Gasteiger partial charge in [-0.3, -0.25) is 0 Å². The quantitative estimate of drug-likeness (QED) is 0.168. The van der Waals surface area contributed by atoms with E-state index in [1.807, 2.05) is 6.07 Å². The molecule has 0 aliphatic heterocycles. The molecule has 0 fully saturated rings. The van der Waals surface area contributed by atoms with E-state index < -0.39 is 0 Å². The molecule has 252 valence electrons. The minimum absolute atomic E-state index is 0.916. The zero-order chi connectivity index (χ0) is 35.6. The molecular formula is C52H33NO. The molecule has 0 saturated carbocycles. The van der Waals surface area contributed by atoms with Crippen molar-refractivity contribution in [3.63, 3.8) is 0 Å². The Labute approximate surface area is 312 Å². The van der Waals surface area contributed by atoms with Crippen molar-refractivity contribution in [3.05, 3.63) is 200 Å². The summed E-state index contributed by atoms with van der Waals surface area (Å²) in [5.74, 6) is 0. The highest BCUT2D eigenvalue weighted by Crippen LogP contribution is 2.45. The van der Waals surface area contributed by atoms with Gasteiger partial charge in [0, 0.05) is 33.1 Å². The maximum absolute atomic E-state index is 6.38. The fourth-order valence-electron chi connectivity index (χ4n) is 8.54. The van der Waals surface area contributed by atoms with Gasteiger partial charge in [-0.1, -0.05) is 146 Å². The average molecular weight is 688 g/mol. The van der Waals surface area contributed by atoms with Crippen molar-refractivity contribution >= 4 is 82.1 Å². The van der Waals surface area contributed by atoms with E-state index in [1.54, 1.807) is 0 Å². The van der Waals surface area contributed by atoms with Gasteiger partial charge in [-0.05, 0) is 109 Å². The summed E-state index contributed by atoms with van der Waals surface area (Å²) in [6.45, 7) is 0. The largest absolute Gasteiger partial charge is 0.456 e. The summed E-state index contributed by atoms with van der Waals surface area (Å²) in [4.78, 5) is 2.41. The second-order valence-electron chi connectivity index (χ2n) is 14.1. The Kier molecular flexibility index (Phi) is 6.90. The molecule has 2 heteroatoms. The molecule has 0 radical (unpaired) electrons. The van der Waals surface area contributed by atoms with Crippen molar-refractivity contribution in [2.24, 2.45) is 0 Å². The molecule has 0 amide bonds. The van der Waals surface area contributed by atoms with Gasteiger partial charge in [0.05, 0.1) is 5.69 Å². The van der Waals surface area contributed by atoms with Crippen LogP contribution in [-0.2, 0) is 0 Å². The van der Waals surface area contributed by atoms with Crippen LogP contribution in [0.4, 0.5) is 17.1 Å². The second-order valence-corrected chi connectivity index (χ2v) is 14.1. The Morgan fingerprint density at radius 1 is 0.315 bits per heavy atom. The van der Waals surface area contributed by atoms with Crippen LogP contribution < -0.4 is 4.90 Å². The smallest absolute Gasteiger partial charge is 0.136 e. The van der Waals surface area contributed by atoms with Crippen molar-refractivity contribution < 1.29 is 4.42 Å². The van der Waals surface area contributed by atoms with E-state index in [9.17, 15) is 0 Å². The standard InChI is InChI=1S/C52H33NO/c1-2-14-35(15-3-1)41-19-8-10-23-48(41)53(40-27-25-34-13-4-5-16-36(34)31-40)39-18-12-17-37(32-39)38-26-28-43-42-20-6-7-21-44(42)51-45(47(43)33-38)29-30-50-52(51)46-22-9-11-24-49(46)54-50/h1-33H. The summed E-state index contributed by atoms with van der Waals surface area (Å²) < 4.78 is 6.38. The number of rotatable bonds is 5. The molecule has 10 aromatic carbocycles. The minimum Gasteiger partial charge on any atom is -0.456 e. The highest BCUT2D eigenvalue weighted by Gasteiger charge is 2.20. The number of hydrogen-bond acceptors (Lipinski definition) is 2. The molecule has 0 atom stereocenters. The normalized spacial score (nSPS) is 11.7. The lowest BCUT2D eigenvalue weighted by Crippen LogP contribution is -2.11. The summed E-state index contributed by atoms with van der Waals surface area (Å²) in [5, 5.41) is 12.2. The second kappa shape index (κ2) is 12.2. The Hall–Kier alpha value is -7.16. The van der Waals surface area contributed by atoms with Gasteiger partial charge in [-0.2, -0.15) is 0 Å². The molecule has 0 bridgehead atoms. The van der Waals surface area contributed by atoms with E-state index in [0.29, 0.717) is 0 Å². The maximum Gasteiger partial charge on any atom is 0.136 e. The molecule has 0 spiro atoms. The summed E-state index contributed by atoms with van der Waals surface area (Å²) >= 11 is 0. The van der Waals surface area contributed by atoms with E-state index in [-0.39, 0.29) is 0 Å². The summed E-state index contributed by atoms with van der Waals surface area (Å²) in [7, 11) is 0. The van der Waals surface area contributed by atoms with Crippen LogP contribution in [0, 0.1) is 0 Å². The Bertz CT molecular complexity index is 3230. The minimum atomic E-state index is 0.916. The van der Waals surface area contributed by atoms with Crippen LogP contribution >= 0.6 is 0 Å². The van der Waals surface area contributed by atoms with Gasteiger partial charge < -0.3 is 9.32 Å². The molecule has 54 heavy (non-hydrogen) atoms. The number of anilines is 3. The summed E-state index contributed by atoms with van der Waals surface area (Å²) in [6, 6.07) is 72.3. The number of hydrogen-bond donors (Lipinski definition) is 0. The van der Waals surface area contributed by atoms with Crippen LogP contribution in [0.25, 0.3) is 87.3 Å². The summed E-state index contributed by atoms with van der Waals surface area (Å²) in [5.41, 5.74) is 9.87. The number of benzene rings is 10. The molecule has 1 heterocycles. The predicted molar refractivity (Wildman–Crippen MR) is 229 cm³/mol. The Morgan fingerprint density at radius 3 is 1.87 bits per heavy atom. The van der Waals surface area contributed by atoms with Gasteiger partial charge in [0.2, 0.25) is 0 Å². The van der Waals surface area contributed by atoms with Crippen molar-refractivity contribution in [2.45, 2.75) is 0 Å². The van der Waals surface area contributed by atoms with E-state index in [0.717, 1.165) is 39.2 Å². The average Bonchev–Trinajstić information content (AvgIpc) is 3.63. The molecule has 11 rings (SSSR count). The molecule has 0 unspecified atom stereocenters. The predicted octanol–water partition coefficient (Wildman–Crippen LogP) is 15.0. The lowest BCUT2D eigenvalue weighted by atomic mass is 9.90. The Morgan fingerprint density at radius 2 is 0.963 bits per heavy atom. The third kappa shape index (κ3) is 4.81. The lowest BCUT2D eigenvalue weighted by molar-refractivity contribution is 0.669.